The van der Waals surface area contributed by atoms with Gasteiger partial charge in [-0.3, -0.25) is 4.79 Å². The van der Waals surface area contributed by atoms with Crippen molar-refractivity contribution in [1.29, 1.82) is 5.26 Å². The number of nitrogens with zero attached hydrogens (tertiary/aromatic N) is 1. The molecule has 0 radical (unpaired) electrons. The zero-order chi connectivity index (χ0) is 15.2. The number of benzene rings is 1. The van der Waals surface area contributed by atoms with E-state index in [0.29, 0.717) is 5.56 Å². The highest BCUT2D eigenvalue weighted by Gasteiger charge is 2.24. The van der Waals surface area contributed by atoms with Gasteiger partial charge in [0.1, 0.15) is 6.04 Å². The fourth-order valence-corrected chi connectivity index (χ4v) is 2.78. The van der Waals surface area contributed by atoms with E-state index in [4.69, 9.17) is 0 Å². The van der Waals surface area contributed by atoms with Crippen molar-refractivity contribution in [3.05, 3.63) is 35.4 Å². The van der Waals surface area contributed by atoms with Crippen LogP contribution in [0.2, 0.25) is 0 Å². The van der Waals surface area contributed by atoms with Crippen LogP contribution in [0.15, 0.2) is 18.2 Å². The predicted octanol–water partition coefficient (Wildman–Crippen LogP) is 3.10. The summed E-state index contributed by atoms with van der Waals surface area (Å²) in [5.41, 5.74) is 0.395. The van der Waals surface area contributed by atoms with Crippen molar-refractivity contribution in [2.45, 2.75) is 44.6 Å². The van der Waals surface area contributed by atoms with Crippen molar-refractivity contribution in [2.24, 2.45) is 5.92 Å². The molecule has 0 saturated heterocycles. The van der Waals surface area contributed by atoms with E-state index in [1.54, 1.807) is 0 Å². The highest BCUT2D eigenvalue weighted by molar-refractivity contribution is 5.79. The summed E-state index contributed by atoms with van der Waals surface area (Å²) < 4.78 is 25.9. The lowest BCUT2D eigenvalue weighted by Crippen LogP contribution is -2.40. The summed E-state index contributed by atoms with van der Waals surface area (Å²) >= 11 is 0. The van der Waals surface area contributed by atoms with Crippen molar-refractivity contribution in [2.75, 3.05) is 0 Å². The van der Waals surface area contributed by atoms with Crippen LogP contribution in [0, 0.1) is 28.9 Å². The van der Waals surface area contributed by atoms with Crippen LogP contribution in [0.25, 0.3) is 0 Å². The van der Waals surface area contributed by atoms with Gasteiger partial charge < -0.3 is 5.32 Å². The lowest BCUT2D eigenvalue weighted by molar-refractivity contribution is -0.121. The van der Waals surface area contributed by atoms with E-state index in [0.717, 1.165) is 37.8 Å². The first-order valence-electron chi connectivity index (χ1n) is 7.23. The molecular formula is C16H18F2N2O. The quantitative estimate of drug-likeness (QED) is 0.927. The summed E-state index contributed by atoms with van der Waals surface area (Å²) in [4.78, 5) is 11.9. The molecular weight excluding hydrogens is 274 g/mol. The lowest BCUT2D eigenvalue weighted by Gasteiger charge is -2.26. The van der Waals surface area contributed by atoms with Crippen LogP contribution in [-0.2, 0) is 11.2 Å². The largest absolute Gasteiger partial charge is 0.340 e. The maximum atomic E-state index is 13.1. The standard InChI is InChI=1S/C16H18F2N2O/c17-13-7-6-11(8-14(13)18)9-16(21)20-15(10-19)12-4-2-1-3-5-12/h6-8,12,15H,1-5,9H2,(H,20,21)/t15-/m0/s1. The van der Waals surface area contributed by atoms with Crippen LogP contribution < -0.4 is 5.32 Å². The van der Waals surface area contributed by atoms with Crippen molar-refractivity contribution in [3.8, 4) is 6.07 Å². The highest BCUT2D eigenvalue weighted by atomic mass is 19.2. The van der Waals surface area contributed by atoms with Gasteiger partial charge in [-0.2, -0.15) is 5.26 Å². The number of rotatable bonds is 4. The number of halogens is 2. The number of nitrogens with one attached hydrogen (secondary N) is 1. The molecule has 1 aromatic rings. The van der Waals surface area contributed by atoms with E-state index in [1.807, 2.05) is 0 Å². The molecule has 1 aliphatic rings. The summed E-state index contributed by atoms with van der Waals surface area (Å²) in [7, 11) is 0. The first-order valence-corrected chi connectivity index (χ1v) is 7.23. The molecule has 1 aliphatic carbocycles. The summed E-state index contributed by atoms with van der Waals surface area (Å²) in [6.45, 7) is 0. The van der Waals surface area contributed by atoms with E-state index in [2.05, 4.69) is 11.4 Å². The van der Waals surface area contributed by atoms with Crippen LogP contribution in [-0.4, -0.2) is 11.9 Å². The minimum Gasteiger partial charge on any atom is -0.340 e. The van der Waals surface area contributed by atoms with Gasteiger partial charge in [0.05, 0.1) is 12.5 Å². The van der Waals surface area contributed by atoms with E-state index in [9.17, 15) is 18.8 Å². The van der Waals surface area contributed by atoms with E-state index < -0.39 is 17.7 Å². The number of hydrogen-bond acceptors (Lipinski definition) is 2. The van der Waals surface area contributed by atoms with Crippen molar-refractivity contribution in [3.63, 3.8) is 0 Å². The maximum absolute atomic E-state index is 13.1. The lowest BCUT2D eigenvalue weighted by atomic mass is 9.84. The summed E-state index contributed by atoms with van der Waals surface area (Å²) in [6, 6.07) is 5.03. The smallest absolute Gasteiger partial charge is 0.225 e. The third-order valence-corrected chi connectivity index (χ3v) is 3.93. The molecule has 1 saturated carbocycles. The monoisotopic (exact) mass is 292 g/mol. The molecule has 21 heavy (non-hydrogen) atoms. The Morgan fingerprint density at radius 3 is 2.62 bits per heavy atom. The Labute approximate surface area is 123 Å². The van der Waals surface area contributed by atoms with Crippen LogP contribution in [0.3, 0.4) is 0 Å². The number of nitriles is 1. The average Bonchev–Trinajstić information content (AvgIpc) is 2.49. The molecule has 3 nitrogen and oxygen atoms in total. The Hall–Kier alpha value is -1.96. The van der Waals surface area contributed by atoms with Crippen LogP contribution >= 0.6 is 0 Å². The zero-order valence-corrected chi connectivity index (χ0v) is 11.7. The van der Waals surface area contributed by atoms with Gasteiger partial charge in [0.25, 0.3) is 0 Å². The minimum atomic E-state index is -0.968. The fraction of sp³-hybridized carbons (Fsp3) is 0.500. The highest BCUT2D eigenvalue weighted by Crippen LogP contribution is 2.26. The van der Waals surface area contributed by atoms with Gasteiger partial charge in [0.15, 0.2) is 11.6 Å². The molecule has 1 aromatic carbocycles. The van der Waals surface area contributed by atoms with Crippen molar-refractivity contribution >= 4 is 5.91 Å². The summed E-state index contributed by atoms with van der Waals surface area (Å²) in [5.74, 6) is -2.04. The van der Waals surface area contributed by atoms with Crippen LogP contribution in [0.5, 0.6) is 0 Å². The van der Waals surface area contributed by atoms with Gasteiger partial charge >= 0.3 is 0 Å². The van der Waals surface area contributed by atoms with Crippen molar-refractivity contribution in [1.82, 2.24) is 5.32 Å². The second-order valence-corrected chi connectivity index (χ2v) is 5.50. The maximum Gasteiger partial charge on any atom is 0.225 e. The number of carbonyl (C=O) groups excluding carboxylic acids is 1. The minimum absolute atomic E-state index is 0.0535. The molecule has 2 rings (SSSR count). The van der Waals surface area contributed by atoms with Gasteiger partial charge in [-0.15, -0.1) is 0 Å². The fourth-order valence-electron chi connectivity index (χ4n) is 2.78. The second-order valence-electron chi connectivity index (χ2n) is 5.50. The number of hydrogen-bond donors (Lipinski definition) is 1. The molecule has 112 valence electrons. The molecule has 0 bridgehead atoms. The molecule has 1 fully saturated rings. The molecule has 1 amide bonds. The Bertz CT molecular complexity index is 548. The second kappa shape index (κ2) is 7.16. The van der Waals surface area contributed by atoms with E-state index in [1.165, 1.54) is 12.5 Å². The molecule has 1 atom stereocenters. The van der Waals surface area contributed by atoms with Gasteiger partial charge in [0.2, 0.25) is 5.91 Å². The van der Waals surface area contributed by atoms with Crippen LogP contribution in [0.1, 0.15) is 37.7 Å². The Morgan fingerprint density at radius 2 is 2.00 bits per heavy atom. The average molecular weight is 292 g/mol. The molecule has 5 heteroatoms. The number of amides is 1. The first-order chi connectivity index (χ1) is 10.1. The first kappa shape index (κ1) is 15.4. The van der Waals surface area contributed by atoms with Crippen molar-refractivity contribution < 1.29 is 13.6 Å². The van der Waals surface area contributed by atoms with Gasteiger partial charge in [-0.25, -0.2) is 8.78 Å². The molecule has 0 spiro atoms. The molecule has 0 aromatic heterocycles. The molecule has 0 aliphatic heterocycles. The third kappa shape index (κ3) is 4.25. The van der Waals surface area contributed by atoms with Gasteiger partial charge in [0, 0.05) is 0 Å². The summed E-state index contributed by atoms with van der Waals surface area (Å²) in [6.07, 6.45) is 5.19. The van der Waals surface area contributed by atoms with E-state index in [-0.39, 0.29) is 18.2 Å². The third-order valence-electron chi connectivity index (χ3n) is 3.93. The Balaban J connectivity index is 1.93. The van der Waals surface area contributed by atoms with Gasteiger partial charge in [-0.05, 0) is 36.5 Å². The van der Waals surface area contributed by atoms with Crippen LogP contribution in [0.4, 0.5) is 8.78 Å². The Kier molecular flexibility index (Phi) is 5.26. The summed E-state index contributed by atoms with van der Waals surface area (Å²) in [5, 5.41) is 11.9. The normalized spacial score (nSPS) is 17.0. The predicted molar refractivity (Wildman–Crippen MR) is 74.2 cm³/mol. The van der Waals surface area contributed by atoms with E-state index >= 15 is 0 Å². The molecule has 1 N–H and O–H groups in total. The Morgan fingerprint density at radius 1 is 1.29 bits per heavy atom. The zero-order valence-electron chi connectivity index (χ0n) is 11.7. The topological polar surface area (TPSA) is 52.9 Å². The molecule has 0 unspecified atom stereocenters. The molecule has 0 heterocycles. The van der Waals surface area contributed by atoms with Gasteiger partial charge in [-0.1, -0.05) is 25.3 Å². The number of carbonyl (C=O) groups is 1. The SMILES string of the molecule is N#C[C@H](NC(=O)Cc1ccc(F)c(F)c1)C1CCCCC1.